The molecule has 3 rings (SSSR count). The van der Waals surface area contributed by atoms with Crippen LogP contribution in [0.15, 0.2) is 71.6 Å². The van der Waals surface area contributed by atoms with Gasteiger partial charge >= 0.3 is 0 Å². The van der Waals surface area contributed by atoms with E-state index in [2.05, 4.69) is 5.32 Å². The minimum atomic E-state index is -4.51. The van der Waals surface area contributed by atoms with Crippen molar-refractivity contribution in [3.8, 4) is 11.5 Å². The topological polar surface area (TPSA) is 148 Å². The van der Waals surface area contributed by atoms with E-state index >= 15 is 0 Å². The molecule has 0 aromatic heterocycles. The number of sulfonamides is 1. The molecule has 0 aliphatic carbocycles. The lowest BCUT2D eigenvalue weighted by Gasteiger charge is -2.33. The third-order valence-electron chi connectivity index (χ3n) is 7.03. The molecule has 3 aromatic carbocycles. The number of nitrogens with one attached hydrogen (secondary N) is 1. The molecule has 3 aromatic rings. The number of nitrogens with zero attached hydrogens (tertiary/aromatic N) is 3. The van der Waals surface area contributed by atoms with Crippen molar-refractivity contribution >= 4 is 33.2 Å². The fourth-order valence-corrected chi connectivity index (χ4v) is 6.04. The molecule has 2 amide bonds. The van der Waals surface area contributed by atoms with Crippen molar-refractivity contribution in [2.45, 2.75) is 51.1 Å². The van der Waals surface area contributed by atoms with Crippen LogP contribution in [0, 0.1) is 17.0 Å². The van der Waals surface area contributed by atoms with Gasteiger partial charge in [-0.3, -0.25) is 24.0 Å². The molecule has 13 heteroatoms. The number of ether oxygens (including phenoxy) is 2. The van der Waals surface area contributed by atoms with Crippen molar-refractivity contribution in [1.29, 1.82) is 0 Å². The number of hydrogen-bond donors (Lipinski definition) is 1. The lowest BCUT2D eigenvalue weighted by molar-refractivity contribution is -0.385. The molecule has 0 heterocycles. The highest BCUT2D eigenvalue weighted by Gasteiger charge is 2.34. The van der Waals surface area contributed by atoms with Crippen LogP contribution >= 0.6 is 0 Å². The molecule has 0 aliphatic rings. The summed E-state index contributed by atoms with van der Waals surface area (Å²) in [7, 11) is -1.53. The van der Waals surface area contributed by atoms with Crippen molar-refractivity contribution in [2.75, 3.05) is 31.6 Å². The number of amides is 2. The number of methoxy groups -OCH3 is 2. The lowest BCUT2D eigenvalue weighted by atomic mass is 10.1. The first-order valence-electron chi connectivity index (χ1n) is 14.1. The first-order chi connectivity index (χ1) is 21.0. The summed E-state index contributed by atoms with van der Waals surface area (Å²) in [5.74, 6) is 0.00871. The van der Waals surface area contributed by atoms with Gasteiger partial charge in [0.05, 0.1) is 29.7 Å². The molecule has 0 fully saturated rings. The van der Waals surface area contributed by atoms with Crippen LogP contribution in [0.1, 0.15) is 37.8 Å². The van der Waals surface area contributed by atoms with Crippen molar-refractivity contribution in [3.63, 3.8) is 0 Å². The predicted molar refractivity (Wildman–Crippen MR) is 166 cm³/mol. The summed E-state index contributed by atoms with van der Waals surface area (Å²) in [6.07, 6.45) is 0.961. The standard InChI is InChI=1S/C31H38N4O8S/c1-6-17-32-31(37)28(7-2)33(20-23-9-8-10-26(18-23)43-5)30(36)21-34(24-12-14-25(42-4)15-13-24)44(40,41)27-16-11-22(3)29(19-27)35(38)39/h8-16,18-19,28H,6-7,17,20-21H2,1-5H3,(H,32,37). The molecule has 0 radical (unpaired) electrons. The van der Waals surface area contributed by atoms with E-state index in [9.17, 15) is 28.1 Å². The molecular weight excluding hydrogens is 588 g/mol. The molecule has 0 bridgehead atoms. The molecule has 12 nitrogen and oxygen atoms in total. The Morgan fingerprint density at radius 3 is 2.25 bits per heavy atom. The van der Waals surface area contributed by atoms with Gasteiger partial charge in [0, 0.05) is 24.7 Å². The predicted octanol–water partition coefficient (Wildman–Crippen LogP) is 4.45. The van der Waals surface area contributed by atoms with E-state index in [0.717, 1.165) is 10.4 Å². The van der Waals surface area contributed by atoms with E-state index in [1.807, 2.05) is 6.92 Å². The van der Waals surface area contributed by atoms with Gasteiger partial charge in [0.15, 0.2) is 0 Å². The van der Waals surface area contributed by atoms with Crippen LogP contribution in [-0.2, 0) is 26.2 Å². The Morgan fingerprint density at radius 2 is 1.66 bits per heavy atom. The van der Waals surface area contributed by atoms with Crippen LogP contribution in [0.25, 0.3) is 0 Å². The van der Waals surface area contributed by atoms with E-state index in [-0.39, 0.29) is 40.7 Å². The molecule has 1 atom stereocenters. The first kappa shape index (κ1) is 33.8. The zero-order chi connectivity index (χ0) is 32.4. The molecule has 0 saturated heterocycles. The smallest absolute Gasteiger partial charge is 0.273 e. The number of benzene rings is 3. The van der Waals surface area contributed by atoms with Gasteiger partial charge in [0.1, 0.15) is 24.1 Å². The average Bonchev–Trinajstić information content (AvgIpc) is 3.02. The van der Waals surface area contributed by atoms with E-state index in [1.165, 1.54) is 50.3 Å². The third-order valence-corrected chi connectivity index (χ3v) is 8.80. The molecule has 0 saturated carbocycles. The Morgan fingerprint density at radius 1 is 0.977 bits per heavy atom. The molecule has 1 unspecified atom stereocenters. The molecule has 44 heavy (non-hydrogen) atoms. The summed E-state index contributed by atoms with van der Waals surface area (Å²) in [6.45, 7) is 4.91. The second-order valence-corrected chi connectivity index (χ2v) is 11.9. The fraction of sp³-hybridized carbons (Fsp3) is 0.355. The maximum Gasteiger partial charge on any atom is 0.273 e. The number of carbonyl (C=O) groups is 2. The Kier molecular flexibility index (Phi) is 11.7. The van der Waals surface area contributed by atoms with Gasteiger partial charge in [0.25, 0.3) is 15.7 Å². The van der Waals surface area contributed by atoms with Crippen molar-refractivity contribution in [3.05, 3.63) is 88.0 Å². The van der Waals surface area contributed by atoms with Gasteiger partial charge in [-0.15, -0.1) is 0 Å². The SMILES string of the molecule is CCCNC(=O)C(CC)N(Cc1cccc(OC)c1)C(=O)CN(c1ccc(OC)cc1)S(=O)(=O)c1ccc(C)c([N+](=O)[O-])c1. The Labute approximate surface area is 257 Å². The van der Waals surface area contributed by atoms with Gasteiger partial charge < -0.3 is 19.7 Å². The summed E-state index contributed by atoms with van der Waals surface area (Å²) < 4.78 is 39.6. The minimum Gasteiger partial charge on any atom is -0.497 e. The zero-order valence-corrected chi connectivity index (χ0v) is 26.3. The monoisotopic (exact) mass is 626 g/mol. The molecule has 1 N–H and O–H groups in total. The van der Waals surface area contributed by atoms with Crippen LogP contribution in [-0.4, -0.2) is 63.4 Å². The Hall–Kier alpha value is -4.65. The second-order valence-electron chi connectivity index (χ2n) is 10.0. The summed E-state index contributed by atoms with van der Waals surface area (Å²) >= 11 is 0. The van der Waals surface area contributed by atoms with E-state index in [4.69, 9.17) is 9.47 Å². The molecule has 236 valence electrons. The average molecular weight is 627 g/mol. The van der Waals surface area contributed by atoms with Crippen molar-refractivity contribution < 1.29 is 32.4 Å². The van der Waals surface area contributed by atoms with Gasteiger partial charge in [-0.05, 0) is 67.8 Å². The quantitative estimate of drug-likeness (QED) is 0.192. The number of hydrogen-bond acceptors (Lipinski definition) is 8. The van der Waals surface area contributed by atoms with Crippen LogP contribution in [0.5, 0.6) is 11.5 Å². The van der Waals surface area contributed by atoms with E-state index in [0.29, 0.717) is 30.0 Å². The lowest BCUT2D eigenvalue weighted by Crippen LogP contribution is -2.52. The third kappa shape index (κ3) is 8.04. The number of rotatable bonds is 15. The maximum absolute atomic E-state index is 14.2. The summed E-state index contributed by atoms with van der Waals surface area (Å²) in [5.41, 5.74) is 0.722. The molecule has 0 spiro atoms. The molecular formula is C31H38N4O8S. The summed E-state index contributed by atoms with van der Waals surface area (Å²) in [4.78, 5) is 39.4. The van der Waals surface area contributed by atoms with Crippen molar-refractivity contribution in [1.82, 2.24) is 10.2 Å². The highest BCUT2D eigenvalue weighted by molar-refractivity contribution is 7.92. The largest absolute Gasteiger partial charge is 0.497 e. The second kappa shape index (κ2) is 15.2. The number of anilines is 1. The highest BCUT2D eigenvalue weighted by atomic mass is 32.2. The molecule has 0 aliphatic heterocycles. The van der Waals surface area contributed by atoms with Crippen LogP contribution in [0.3, 0.4) is 0 Å². The minimum absolute atomic E-state index is 0.000584. The summed E-state index contributed by atoms with van der Waals surface area (Å²) in [5, 5.41) is 14.5. The van der Waals surface area contributed by atoms with E-state index < -0.39 is 33.4 Å². The summed E-state index contributed by atoms with van der Waals surface area (Å²) in [6, 6.07) is 15.7. The fourth-order valence-electron chi connectivity index (χ4n) is 4.60. The van der Waals surface area contributed by atoms with Gasteiger partial charge in [-0.25, -0.2) is 8.42 Å². The van der Waals surface area contributed by atoms with Crippen LogP contribution in [0.2, 0.25) is 0 Å². The number of aryl methyl sites for hydroxylation is 1. The Balaban J connectivity index is 2.12. The van der Waals surface area contributed by atoms with Gasteiger partial charge in [-0.1, -0.05) is 32.0 Å². The number of nitro groups is 1. The Bertz CT molecular complexity index is 1580. The first-order valence-corrected chi connectivity index (χ1v) is 15.5. The van der Waals surface area contributed by atoms with Crippen molar-refractivity contribution in [2.24, 2.45) is 0 Å². The van der Waals surface area contributed by atoms with Crippen LogP contribution in [0.4, 0.5) is 11.4 Å². The van der Waals surface area contributed by atoms with Gasteiger partial charge in [-0.2, -0.15) is 0 Å². The normalized spacial score (nSPS) is 11.8. The van der Waals surface area contributed by atoms with Gasteiger partial charge in [0.2, 0.25) is 11.8 Å². The highest BCUT2D eigenvalue weighted by Crippen LogP contribution is 2.30. The maximum atomic E-state index is 14.2. The van der Waals surface area contributed by atoms with E-state index in [1.54, 1.807) is 43.3 Å². The number of nitro benzene ring substituents is 1. The zero-order valence-electron chi connectivity index (χ0n) is 25.5. The number of carbonyl (C=O) groups excluding carboxylic acids is 2. The van der Waals surface area contributed by atoms with Crippen LogP contribution < -0.4 is 19.1 Å².